The molecule has 0 spiro atoms. The Morgan fingerprint density at radius 3 is 2.88 bits per heavy atom. The first-order chi connectivity index (χ1) is 12.0. The monoisotopic (exact) mass is 363 g/mol. The van der Waals surface area contributed by atoms with E-state index in [9.17, 15) is 9.18 Å². The molecule has 2 aromatic rings. The van der Waals surface area contributed by atoms with Gasteiger partial charge in [0.2, 0.25) is 5.91 Å². The highest BCUT2D eigenvalue weighted by molar-refractivity contribution is 7.15. The minimum absolute atomic E-state index is 0.106. The molecule has 1 N–H and O–H groups in total. The van der Waals surface area contributed by atoms with E-state index in [-0.39, 0.29) is 11.9 Å². The van der Waals surface area contributed by atoms with Crippen LogP contribution >= 0.6 is 11.3 Å². The summed E-state index contributed by atoms with van der Waals surface area (Å²) in [5.41, 5.74) is 0. The molecular weight excluding hydrogens is 341 g/mol. The second-order valence-corrected chi connectivity index (χ2v) is 7.51. The van der Waals surface area contributed by atoms with Gasteiger partial charge in [-0.2, -0.15) is 0 Å². The van der Waals surface area contributed by atoms with Crippen LogP contribution in [0.15, 0.2) is 18.6 Å². The van der Waals surface area contributed by atoms with Gasteiger partial charge in [-0.25, -0.2) is 19.3 Å². The summed E-state index contributed by atoms with van der Waals surface area (Å²) in [5, 5.41) is 3.37. The summed E-state index contributed by atoms with van der Waals surface area (Å²) in [7, 11) is 0. The molecule has 0 saturated carbocycles. The van der Waals surface area contributed by atoms with Gasteiger partial charge in [0.1, 0.15) is 5.82 Å². The van der Waals surface area contributed by atoms with Crippen LogP contribution in [-0.2, 0) is 11.2 Å². The molecule has 8 heteroatoms. The lowest BCUT2D eigenvalue weighted by molar-refractivity contribution is -0.114. The molecule has 3 rings (SSSR count). The van der Waals surface area contributed by atoms with Crippen LogP contribution in [0.5, 0.6) is 0 Å². The molecule has 1 aliphatic heterocycles. The molecule has 0 radical (unpaired) electrons. The Kier molecular flexibility index (Phi) is 5.70. The zero-order chi connectivity index (χ0) is 17.8. The standard InChI is InChI=1S/C17H22FN5OS/c1-11(15-9-21-17(25-15)22-12(2)24)23-5-3-4-13(10-23)6-16-19-7-14(18)8-20-16/h7-9,11,13H,3-6,10H2,1-2H3,(H,21,22,24)/t11?,13-/m1/s1. The summed E-state index contributed by atoms with van der Waals surface area (Å²) >= 11 is 1.52. The largest absolute Gasteiger partial charge is 0.302 e. The maximum absolute atomic E-state index is 12.9. The molecule has 1 fully saturated rings. The number of thiazole rings is 1. The van der Waals surface area contributed by atoms with Crippen molar-refractivity contribution in [1.82, 2.24) is 19.9 Å². The van der Waals surface area contributed by atoms with Gasteiger partial charge in [-0.15, -0.1) is 11.3 Å². The van der Waals surface area contributed by atoms with E-state index < -0.39 is 5.82 Å². The molecule has 0 bridgehead atoms. The van der Waals surface area contributed by atoms with Gasteiger partial charge in [-0.1, -0.05) is 0 Å². The van der Waals surface area contributed by atoms with Gasteiger partial charge in [0.15, 0.2) is 10.9 Å². The van der Waals surface area contributed by atoms with Crippen LogP contribution in [0.4, 0.5) is 9.52 Å². The van der Waals surface area contributed by atoms with Crippen LogP contribution in [0.2, 0.25) is 0 Å². The Morgan fingerprint density at radius 2 is 2.16 bits per heavy atom. The fourth-order valence-electron chi connectivity index (χ4n) is 3.19. The SMILES string of the molecule is CC(=O)Nc1ncc(C(C)N2CCC[C@H](Cc3ncc(F)cn3)C2)s1. The molecule has 0 aliphatic carbocycles. The van der Waals surface area contributed by atoms with Crippen LogP contribution in [0.3, 0.4) is 0 Å². The average Bonchev–Trinajstić information content (AvgIpc) is 3.04. The minimum Gasteiger partial charge on any atom is -0.302 e. The van der Waals surface area contributed by atoms with E-state index in [1.54, 1.807) is 0 Å². The van der Waals surface area contributed by atoms with Gasteiger partial charge in [0.25, 0.3) is 0 Å². The first kappa shape index (κ1) is 17.9. The van der Waals surface area contributed by atoms with E-state index in [1.807, 2.05) is 6.20 Å². The predicted molar refractivity (Wildman–Crippen MR) is 94.8 cm³/mol. The summed E-state index contributed by atoms with van der Waals surface area (Å²) in [5.74, 6) is 0.657. The molecule has 1 unspecified atom stereocenters. The Morgan fingerprint density at radius 1 is 1.40 bits per heavy atom. The van der Waals surface area contributed by atoms with E-state index in [0.717, 1.165) is 37.2 Å². The zero-order valence-corrected chi connectivity index (χ0v) is 15.2. The fraction of sp³-hybridized carbons (Fsp3) is 0.529. The number of hydrogen-bond donors (Lipinski definition) is 1. The third kappa shape index (κ3) is 4.79. The number of carbonyl (C=O) groups is 1. The fourth-order valence-corrected chi connectivity index (χ4v) is 4.13. The summed E-state index contributed by atoms with van der Waals surface area (Å²) in [6.07, 6.45) is 7.31. The van der Waals surface area contributed by atoms with Crippen LogP contribution < -0.4 is 5.32 Å². The quantitative estimate of drug-likeness (QED) is 0.884. The molecule has 2 atom stereocenters. The zero-order valence-electron chi connectivity index (χ0n) is 14.4. The third-order valence-electron chi connectivity index (χ3n) is 4.46. The number of aromatic nitrogens is 3. The second-order valence-electron chi connectivity index (χ2n) is 6.45. The number of nitrogens with one attached hydrogen (secondary N) is 1. The molecule has 1 aliphatic rings. The number of nitrogens with zero attached hydrogens (tertiary/aromatic N) is 4. The number of rotatable bonds is 5. The minimum atomic E-state index is -0.400. The lowest BCUT2D eigenvalue weighted by Gasteiger charge is -2.36. The van der Waals surface area contributed by atoms with Crippen LogP contribution in [0.1, 0.15) is 43.4 Å². The van der Waals surface area contributed by atoms with Crippen molar-refractivity contribution >= 4 is 22.4 Å². The van der Waals surface area contributed by atoms with E-state index in [0.29, 0.717) is 16.9 Å². The lowest BCUT2D eigenvalue weighted by Crippen LogP contribution is -2.37. The van der Waals surface area contributed by atoms with Crippen molar-refractivity contribution in [2.75, 3.05) is 18.4 Å². The van der Waals surface area contributed by atoms with Gasteiger partial charge in [-0.3, -0.25) is 9.69 Å². The smallest absolute Gasteiger partial charge is 0.223 e. The number of piperidine rings is 1. The van der Waals surface area contributed by atoms with E-state index in [2.05, 4.69) is 32.1 Å². The van der Waals surface area contributed by atoms with Crippen molar-refractivity contribution < 1.29 is 9.18 Å². The van der Waals surface area contributed by atoms with Crippen molar-refractivity contribution in [2.24, 2.45) is 5.92 Å². The Hall–Kier alpha value is -1.93. The third-order valence-corrected chi connectivity index (χ3v) is 5.54. The maximum Gasteiger partial charge on any atom is 0.223 e. The number of carbonyl (C=O) groups excluding carboxylic acids is 1. The predicted octanol–water partition coefficient (Wildman–Crippen LogP) is 3.05. The molecule has 0 aromatic carbocycles. The van der Waals surface area contributed by atoms with Gasteiger partial charge in [0, 0.05) is 37.0 Å². The first-order valence-electron chi connectivity index (χ1n) is 8.45. The second kappa shape index (κ2) is 7.97. The summed E-state index contributed by atoms with van der Waals surface area (Å²) in [6, 6.07) is 0.247. The average molecular weight is 363 g/mol. The van der Waals surface area contributed by atoms with Crippen LogP contribution in [0.25, 0.3) is 0 Å². The highest BCUT2D eigenvalue weighted by atomic mass is 32.1. The molecule has 3 heterocycles. The molecule has 1 saturated heterocycles. The molecule has 2 aromatic heterocycles. The van der Waals surface area contributed by atoms with E-state index in [1.165, 1.54) is 30.7 Å². The van der Waals surface area contributed by atoms with Crippen molar-refractivity contribution in [3.05, 3.63) is 35.1 Å². The highest BCUT2D eigenvalue weighted by Crippen LogP contribution is 2.32. The van der Waals surface area contributed by atoms with Gasteiger partial charge in [0.05, 0.1) is 12.4 Å². The van der Waals surface area contributed by atoms with Crippen molar-refractivity contribution in [1.29, 1.82) is 0 Å². The number of amides is 1. The first-order valence-corrected chi connectivity index (χ1v) is 9.26. The summed E-state index contributed by atoms with van der Waals surface area (Å²) < 4.78 is 12.9. The van der Waals surface area contributed by atoms with Crippen molar-refractivity contribution in [3.8, 4) is 0 Å². The molecule has 1 amide bonds. The van der Waals surface area contributed by atoms with Crippen molar-refractivity contribution in [3.63, 3.8) is 0 Å². The van der Waals surface area contributed by atoms with Crippen molar-refractivity contribution in [2.45, 2.75) is 39.2 Å². The molecule has 6 nitrogen and oxygen atoms in total. The van der Waals surface area contributed by atoms with Gasteiger partial charge >= 0.3 is 0 Å². The normalized spacial score (nSPS) is 19.6. The van der Waals surface area contributed by atoms with Gasteiger partial charge < -0.3 is 5.32 Å². The van der Waals surface area contributed by atoms with E-state index >= 15 is 0 Å². The maximum atomic E-state index is 12.9. The molecule has 134 valence electrons. The van der Waals surface area contributed by atoms with Crippen LogP contribution in [0, 0.1) is 11.7 Å². The summed E-state index contributed by atoms with van der Waals surface area (Å²) in [4.78, 5) is 27.1. The van der Waals surface area contributed by atoms with Gasteiger partial charge in [-0.05, 0) is 32.2 Å². The van der Waals surface area contributed by atoms with Crippen LogP contribution in [-0.4, -0.2) is 38.8 Å². The van der Waals surface area contributed by atoms with E-state index in [4.69, 9.17) is 0 Å². The topological polar surface area (TPSA) is 71.0 Å². The Bertz CT molecular complexity index is 720. The summed E-state index contributed by atoms with van der Waals surface area (Å²) in [6.45, 7) is 5.64. The molecular formula is C17H22FN5OS. The number of likely N-dealkylation sites (tertiary alicyclic amines) is 1. The number of halogens is 1. The number of anilines is 1. The molecule has 25 heavy (non-hydrogen) atoms. The Labute approximate surface area is 150 Å². The Balaban J connectivity index is 1.61. The highest BCUT2D eigenvalue weighted by Gasteiger charge is 2.26. The lowest BCUT2D eigenvalue weighted by atomic mass is 9.93. The number of hydrogen-bond acceptors (Lipinski definition) is 6.